The zero-order chi connectivity index (χ0) is 21.6. The summed E-state index contributed by atoms with van der Waals surface area (Å²) in [4.78, 5) is 36.1. The van der Waals surface area contributed by atoms with Crippen molar-refractivity contribution in [1.29, 1.82) is 0 Å². The number of para-hydroxylation sites is 2. The fourth-order valence-corrected chi connectivity index (χ4v) is 2.73. The molecule has 3 rings (SSSR count). The topological polar surface area (TPSA) is 105 Å². The number of aromatic nitrogens is 2. The van der Waals surface area contributed by atoms with Gasteiger partial charge in [0.05, 0.1) is 17.6 Å². The number of hydrogen-bond acceptors (Lipinski definition) is 5. The van der Waals surface area contributed by atoms with Crippen molar-refractivity contribution in [3.05, 3.63) is 59.9 Å². The Morgan fingerprint density at radius 2 is 1.73 bits per heavy atom. The van der Waals surface area contributed by atoms with Gasteiger partial charge < -0.3 is 15.0 Å². The number of rotatable bonds is 8. The highest BCUT2D eigenvalue weighted by molar-refractivity contribution is 5.79. The van der Waals surface area contributed by atoms with Crippen LogP contribution in [0.2, 0.25) is 0 Å². The number of amides is 2. The summed E-state index contributed by atoms with van der Waals surface area (Å²) in [6.07, 6.45) is 0. The van der Waals surface area contributed by atoms with Crippen molar-refractivity contribution >= 4 is 22.8 Å². The number of nitrogens with zero attached hydrogens (tertiary/aromatic N) is 1. The maximum Gasteiger partial charge on any atom is 0.281 e. The van der Waals surface area contributed by atoms with Crippen LogP contribution in [0.3, 0.4) is 0 Å². The van der Waals surface area contributed by atoms with Crippen molar-refractivity contribution in [2.45, 2.75) is 32.7 Å². The highest BCUT2D eigenvalue weighted by atomic mass is 16.7. The molecule has 3 N–H and O–H groups in total. The number of nitrogens with one attached hydrogen (secondary N) is 3. The minimum absolute atomic E-state index is 0.0503. The quantitative estimate of drug-likeness (QED) is 0.495. The molecule has 3 aromatic rings. The predicted octanol–water partition coefficient (Wildman–Crippen LogP) is 2.60. The average Bonchev–Trinajstić information content (AvgIpc) is 3.13. The van der Waals surface area contributed by atoms with Crippen LogP contribution < -0.4 is 15.5 Å². The molecule has 0 saturated heterocycles. The number of carbonyl (C=O) groups is 2. The molecular weight excluding hydrogens is 384 g/mol. The summed E-state index contributed by atoms with van der Waals surface area (Å²) in [5, 5.41) is 2.67. The second-order valence-corrected chi connectivity index (χ2v) is 7.85. The van der Waals surface area contributed by atoms with Crippen molar-refractivity contribution < 1.29 is 19.2 Å². The Kier molecular flexibility index (Phi) is 6.68. The van der Waals surface area contributed by atoms with Crippen LogP contribution in [0.15, 0.2) is 48.5 Å². The second-order valence-electron chi connectivity index (χ2n) is 7.85. The van der Waals surface area contributed by atoms with E-state index < -0.39 is 5.91 Å². The smallest absolute Gasteiger partial charge is 0.281 e. The molecule has 8 nitrogen and oxygen atoms in total. The normalized spacial score (nSPS) is 11.3. The number of aromatic amines is 1. The number of carbonyl (C=O) groups excluding carboxylic acids is 2. The van der Waals surface area contributed by atoms with E-state index in [9.17, 15) is 9.59 Å². The van der Waals surface area contributed by atoms with Crippen LogP contribution in [-0.2, 0) is 26.4 Å². The fraction of sp³-hybridized carbons (Fsp3) is 0.318. The Morgan fingerprint density at radius 3 is 2.43 bits per heavy atom. The van der Waals surface area contributed by atoms with E-state index in [1.54, 1.807) is 0 Å². The van der Waals surface area contributed by atoms with Crippen LogP contribution in [0.5, 0.6) is 5.75 Å². The molecule has 1 heterocycles. The number of fused-ring (bicyclic) bond motifs is 1. The largest absolute Gasteiger partial charge is 0.484 e. The molecule has 158 valence electrons. The second kappa shape index (κ2) is 9.41. The monoisotopic (exact) mass is 410 g/mol. The Labute approximate surface area is 174 Å². The molecule has 0 saturated carbocycles. The third-order valence-electron chi connectivity index (χ3n) is 4.37. The van der Waals surface area contributed by atoms with Crippen LogP contribution in [-0.4, -0.2) is 35.0 Å². The summed E-state index contributed by atoms with van der Waals surface area (Å²) in [5.74, 6) is 0.357. The summed E-state index contributed by atoms with van der Waals surface area (Å²) in [6, 6.07) is 15.2. The first-order chi connectivity index (χ1) is 14.3. The highest BCUT2D eigenvalue weighted by Gasteiger charge is 2.13. The van der Waals surface area contributed by atoms with E-state index in [0.717, 1.165) is 11.0 Å². The third-order valence-corrected chi connectivity index (χ3v) is 4.37. The van der Waals surface area contributed by atoms with Crippen LogP contribution in [0.4, 0.5) is 0 Å². The molecule has 30 heavy (non-hydrogen) atoms. The van der Waals surface area contributed by atoms with E-state index in [2.05, 4.69) is 41.5 Å². The lowest BCUT2D eigenvalue weighted by molar-refractivity contribution is -0.140. The van der Waals surface area contributed by atoms with Crippen molar-refractivity contribution in [2.24, 2.45) is 0 Å². The molecule has 0 unspecified atom stereocenters. The van der Waals surface area contributed by atoms with Gasteiger partial charge in [-0.2, -0.15) is 0 Å². The lowest BCUT2D eigenvalue weighted by Crippen LogP contribution is -2.34. The molecular formula is C22H26N4O4. The van der Waals surface area contributed by atoms with E-state index in [4.69, 9.17) is 9.57 Å². The minimum atomic E-state index is -0.486. The van der Waals surface area contributed by atoms with E-state index in [1.165, 1.54) is 5.56 Å². The molecule has 0 bridgehead atoms. The van der Waals surface area contributed by atoms with Gasteiger partial charge in [-0.3, -0.25) is 14.4 Å². The molecule has 0 aliphatic rings. The van der Waals surface area contributed by atoms with Gasteiger partial charge in [0.1, 0.15) is 11.6 Å². The third kappa shape index (κ3) is 6.05. The minimum Gasteiger partial charge on any atom is -0.484 e. The first-order valence-electron chi connectivity index (χ1n) is 9.65. The maximum atomic E-state index is 11.8. The van der Waals surface area contributed by atoms with Gasteiger partial charge in [0.25, 0.3) is 5.91 Å². The van der Waals surface area contributed by atoms with Crippen molar-refractivity contribution in [1.82, 2.24) is 20.8 Å². The first-order valence-corrected chi connectivity index (χ1v) is 9.65. The number of H-pyrrole nitrogens is 1. The van der Waals surface area contributed by atoms with Gasteiger partial charge >= 0.3 is 0 Å². The molecule has 8 heteroatoms. The van der Waals surface area contributed by atoms with Crippen LogP contribution >= 0.6 is 0 Å². The van der Waals surface area contributed by atoms with Crippen molar-refractivity contribution in [2.75, 3.05) is 13.2 Å². The predicted molar refractivity (Wildman–Crippen MR) is 113 cm³/mol. The Bertz CT molecular complexity index is 973. The molecule has 0 atom stereocenters. The fourth-order valence-electron chi connectivity index (χ4n) is 2.73. The molecule has 0 aliphatic carbocycles. The highest BCUT2D eigenvalue weighted by Crippen LogP contribution is 2.24. The van der Waals surface area contributed by atoms with Crippen LogP contribution in [0, 0.1) is 0 Å². The maximum absolute atomic E-state index is 11.8. The Balaban J connectivity index is 1.33. The standard InChI is InChI=1S/C22H26N4O4/c1-22(2,3)15-8-10-16(11-9-15)29-13-21(28)26-30-14-20(27)23-12-19-24-17-6-4-5-7-18(17)25-19/h4-11H,12-14H2,1-3H3,(H,23,27)(H,24,25)(H,26,28). The van der Waals surface area contributed by atoms with E-state index >= 15 is 0 Å². The lowest BCUT2D eigenvalue weighted by Gasteiger charge is -2.19. The molecule has 2 aromatic carbocycles. The van der Waals surface area contributed by atoms with Crippen molar-refractivity contribution in [3.63, 3.8) is 0 Å². The molecule has 2 amide bonds. The van der Waals surface area contributed by atoms with Gasteiger partial charge in [0.2, 0.25) is 5.91 Å². The van der Waals surface area contributed by atoms with Gasteiger partial charge in [-0.15, -0.1) is 0 Å². The number of hydrogen-bond donors (Lipinski definition) is 3. The van der Waals surface area contributed by atoms with Gasteiger partial charge in [0.15, 0.2) is 13.2 Å². The zero-order valence-electron chi connectivity index (χ0n) is 17.3. The molecule has 0 radical (unpaired) electrons. The Morgan fingerprint density at radius 1 is 1.00 bits per heavy atom. The summed E-state index contributed by atoms with van der Waals surface area (Å²) in [6.45, 7) is 6.09. The van der Waals surface area contributed by atoms with Gasteiger partial charge in [-0.1, -0.05) is 45.0 Å². The van der Waals surface area contributed by atoms with Crippen molar-refractivity contribution in [3.8, 4) is 5.75 Å². The zero-order valence-corrected chi connectivity index (χ0v) is 17.3. The molecule has 0 spiro atoms. The van der Waals surface area contributed by atoms with E-state index in [0.29, 0.717) is 11.6 Å². The Hall–Kier alpha value is -3.39. The summed E-state index contributed by atoms with van der Waals surface area (Å²) >= 11 is 0. The SMILES string of the molecule is CC(C)(C)c1ccc(OCC(=O)NOCC(=O)NCc2nc3ccccc3[nH]2)cc1. The lowest BCUT2D eigenvalue weighted by atomic mass is 9.87. The van der Waals surface area contributed by atoms with Gasteiger partial charge in [-0.25, -0.2) is 10.5 Å². The number of hydroxylamine groups is 1. The number of imidazole rings is 1. The number of benzene rings is 2. The summed E-state index contributed by atoms with van der Waals surface area (Å²) in [7, 11) is 0. The molecule has 0 aliphatic heterocycles. The summed E-state index contributed by atoms with van der Waals surface area (Å²) in [5.41, 5.74) is 5.15. The first kappa shape index (κ1) is 21.3. The van der Waals surface area contributed by atoms with Gasteiger partial charge in [-0.05, 0) is 35.2 Å². The summed E-state index contributed by atoms with van der Waals surface area (Å²) < 4.78 is 5.42. The van der Waals surface area contributed by atoms with E-state index in [1.807, 2.05) is 48.5 Å². The van der Waals surface area contributed by atoms with E-state index in [-0.39, 0.29) is 31.1 Å². The number of ether oxygens (including phenoxy) is 1. The van der Waals surface area contributed by atoms with Gasteiger partial charge in [0, 0.05) is 0 Å². The van der Waals surface area contributed by atoms with Crippen LogP contribution in [0.1, 0.15) is 32.2 Å². The molecule has 1 aromatic heterocycles. The molecule has 0 fully saturated rings. The van der Waals surface area contributed by atoms with Crippen LogP contribution in [0.25, 0.3) is 11.0 Å². The average molecular weight is 410 g/mol.